The van der Waals surface area contributed by atoms with Crippen LogP contribution in [0.5, 0.6) is 5.75 Å². The Hall–Kier alpha value is -2.57. The van der Waals surface area contributed by atoms with Gasteiger partial charge in [0.05, 0.1) is 5.69 Å². The summed E-state index contributed by atoms with van der Waals surface area (Å²) >= 11 is 0. The van der Waals surface area contributed by atoms with Crippen molar-refractivity contribution >= 4 is 23.5 Å². The largest absolute Gasteiger partial charge is 0.480 e. The highest BCUT2D eigenvalue weighted by atomic mass is 16.5. The number of fused-ring (bicyclic) bond motifs is 1. The van der Waals surface area contributed by atoms with Gasteiger partial charge in [0.25, 0.3) is 5.91 Å². The molecule has 3 rings (SSSR count). The number of anilines is 1. The molecule has 0 aromatic heterocycles. The molecular weight excluding hydrogens is 336 g/mol. The second-order valence-electron chi connectivity index (χ2n) is 7.00. The highest BCUT2D eigenvalue weighted by molar-refractivity contribution is 6.04. The van der Waals surface area contributed by atoms with Gasteiger partial charge in [-0.05, 0) is 31.9 Å². The van der Waals surface area contributed by atoms with Crippen LogP contribution in [0.1, 0.15) is 45.4 Å². The fraction of sp³-hybridized carbons (Fsp3) is 0.526. The van der Waals surface area contributed by atoms with Gasteiger partial charge in [0, 0.05) is 0 Å². The molecule has 2 amide bonds. The van der Waals surface area contributed by atoms with Gasteiger partial charge < -0.3 is 15.2 Å². The standard InChI is InChI=1S/C19H24N2O5/c1-13-17(23)21(14-8-4-5-9-15(14)26-13)12-16(22)20-19(18(24)25)10-6-2-3-7-11-19/h4-5,8-9,13H,2-3,6-7,10-12H2,1H3,(H,20,22)(H,24,25). The number of para-hydroxylation sites is 2. The van der Waals surface area contributed by atoms with Gasteiger partial charge in [-0.15, -0.1) is 0 Å². The summed E-state index contributed by atoms with van der Waals surface area (Å²) < 4.78 is 5.56. The SMILES string of the molecule is CC1Oc2ccccc2N(CC(=O)NC2(C(=O)O)CCCCCC2)C1=O. The Morgan fingerprint density at radius 2 is 1.88 bits per heavy atom. The molecule has 1 aliphatic heterocycles. The smallest absolute Gasteiger partial charge is 0.329 e. The molecule has 1 atom stereocenters. The second-order valence-corrected chi connectivity index (χ2v) is 7.00. The van der Waals surface area contributed by atoms with E-state index in [-0.39, 0.29) is 12.5 Å². The Morgan fingerprint density at radius 3 is 2.54 bits per heavy atom. The normalized spacial score (nSPS) is 22.0. The number of carbonyl (C=O) groups excluding carboxylic acids is 2. The minimum absolute atomic E-state index is 0.224. The maximum absolute atomic E-state index is 12.7. The fourth-order valence-corrected chi connectivity index (χ4v) is 3.70. The predicted octanol–water partition coefficient (Wildman–Crippen LogP) is 2.09. The molecule has 26 heavy (non-hydrogen) atoms. The van der Waals surface area contributed by atoms with E-state index in [0.29, 0.717) is 24.3 Å². The van der Waals surface area contributed by atoms with Crippen molar-refractivity contribution in [1.82, 2.24) is 5.32 Å². The van der Waals surface area contributed by atoms with Gasteiger partial charge in [-0.25, -0.2) is 4.79 Å². The average molecular weight is 360 g/mol. The molecule has 1 heterocycles. The van der Waals surface area contributed by atoms with E-state index in [1.165, 1.54) is 4.90 Å². The van der Waals surface area contributed by atoms with Gasteiger partial charge in [-0.1, -0.05) is 37.8 Å². The lowest BCUT2D eigenvalue weighted by Gasteiger charge is -2.34. The Kier molecular flexibility index (Phi) is 5.15. The van der Waals surface area contributed by atoms with Crippen LogP contribution in [0.15, 0.2) is 24.3 Å². The first-order chi connectivity index (χ1) is 12.4. The van der Waals surface area contributed by atoms with Crippen molar-refractivity contribution in [3.05, 3.63) is 24.3 Å². The van der Waals surface area contributed by atoms with Crippen molar-refractivity contribution in [3.63, 3.8) is 0 Å². The number of nitrogens with one attached hydrogen (secondary N) is 1. The van der Waals surface area contributed by atoms with E-state index in [0.717, 1.165) is 25.7 Å². The molecule has 0 saturated heterocycles. The van der Waals surface area contributed by atoms with E-state index < -0.39 is 23.5 Å². The summed E-state index contributed by atoms with van der Waals surface area (Å²) in [5, 5.41) is 12.4. The minimum atomic E-state index is -1.24. The van der Waals surface area contributed by atoms with Gasteiger partial charge in [0.2, 0.25) is 5.91 Å². The Balaban J connectivity index is 1.78. The third-order valence-electron chi connectivity index (χ3n) is 5.12. The number of hydrogen-bond acceptors (Lipinski definition) is 4. The van der Waals surface area contributed by atoms with Crippen molar-refractivity contribution in [2.45, 2.75) is 57.1 Å². The quantitative estimate of drug-likeness (QED) is 0.802. The zero-order valence-electron chi connectivity index (χ0n) is 14.9. The number of ether oxygens (including phenoxy) is 1. The molecule has 1 saturated carbocycles. The molecule has 1 aromatic rings. The van der Waals surface area contributed by atoms with Crippen LogP contribution in [0, 0.1) is 0 Å². The first kappa shape index (κ1) is 18.2. The van der Waals surface area contributed by atoms with E-state index in [1.807, 2.05) is 0 Å². The average Bonchev–Trinajstić information content (AvgIpc) is 2.85. The summed E-state index contributed by atoms with van der Waals surface area (Å²) in [4.78, 5) is 38.4. The Labute approximate surface area is 152 Å². The van der Waals surface area contributed by atoms with Crippen molar-refractivity contribution in [3.8, 4) is 5.75 Å². The number of aliphatic carboxylic acids is 1. The first-order valence-electron chi connectivity index (χ1n) is 9.04. The van der Waals surface area contributed by atoms with Crippen molar-refractivity contribution in [1.29, 1.82) is 0 Å². The van der Waals surface area contributed by atoms with Crippen molar-refractivity contribution < 1.29 is 24.2 Å². The summed E-state index contributed by atoms with van der Waals surface area (Å²) in [5.74, 6) is -1.25. The van der Waals surface area contributed by atoms with E-state index in [2.05, 4.69) is 5.32 Å². The summed E-state index contributed by atoms with van der Waals surface area (Å²) in [6, 6.07) is 7.02. The molecule has 2 aliphatic rings. The fourth-order valence-electron chi connectivity index (χ4n) is 3.70. The third-order valence-corrected chi connectivity index (χ3v) is 5.12. The van der Waals surface area contributed by atoms with Crippen LogP contribution in [0.25, 0.3) is 0 Å². The summed E-state index contributed by atoms with van der Waals surface area (Å²) in [7, 11) is 0. The Bertz CT molecular complexity index is 710. The zero-order chi connectivity index (χ0) is 18.7. The summed E-state index contributed by atoms with van der Waals surface area (Å²) in [5.41, 5.74) is -0.718. The molecule has 7 nitrogen and oxygen atoms in total. The molecule has 0 spiro atoms. The van der Waals surface area contributed by atoms with Crippen LogP contribution in [0.4, 0.5) is 5.69 Å². The molecule has 0 bridgehead atoms. The molecule has 1 aliphatic carbocycles. The maximum atomic E-state index is 12.7. The van der Waals surface area contributed by atoms with Gasteiger partial charge >= 0.3 is 5.97 Å². The van der Waals surface area contributed by atoms with Crippen LogP contribution < -0.4 is 15.0 Å². The molecule has 2 N–H and O–H groups in total. The van der Waals surface area contributed by atoms with Crippen LogP contribution in [-0.2, 0) is 14.4 Å². The van der Waals surface area contributed by atoms with Crippen LogP contribution >= 0.6 is 0 Å². The van der Waals surface area contributed by atoms with Crippen LogP contribution in [0.3, 0.4) is 0 Å². The first-order valence-corrected chi connectivity index (χ1v) is 9.04. The molecule has 7 heteroatoms. The monoisotopic (exact) mass is 360 g/mol. The summed E-state index contributed by atoms with van der Waals surface area (Å²) in [6.07, 6.45) is 3.61. The molecular formula is C19H24N2O5. The number of hydrogen-bond donors (Lipinski definition) is 2. The molecule has 1 unspecified atom stereocenters. The van der Waals surface area contributed by atoms with E-state index in [4.69, 9.17) is 4.74 Å². The lowest BCUT2D eigenvalue weighted by molar-refractivity contribution is -0.148. The van der Waals surface area contributed by atoms with Crippen LogP contribution in [-0.4, -0.2) is 41.1 Å². The van der Waals surface area contributed by atoms with Crippen molar-refractivity contribution in [2.24, 2.45) is 0 Å². The third kappa shape index (κ3) is 3.52. The topological polar surface area (TPSA) is 95.9 Å². The molecule has 140 valence electrons. The van der Waals surface area contributed by atoms with E-state index in [9.17, 15) is 19.5 Å². The van der Waals surface area contributed by atoms with Gasteiger partial charge in [-0.3, -0.25) is 14.5 Å². The van der Waals surface area contributed by atoms with Gasteiger partial charge in [0.1, 0.15) is 17.8 Å². The number of rotatable bonds is 4. The second kappa shape index (κ2) is 7.35. The molecule has 1 aromatic carbocycles. The number of amides is 2. The van der Waals surface area contributed by atoms with Crippen molar-refractivity contribution in [2.75, 3.05) is 11.4 Å². The number of nitrogens with zero attached hydrogens (tertiary/aromatic N) is 1. The number of carboxylic acids is 1. The minimum Gasteiger partial charge on any atom is -0.480 e. The maximum Gasteiger partial charge on any atom is 0.329 e. The number of benzene rings is 1. The number of carbonyl (C=O) groups is 3. The van der Waals surface area contributed by atoms with E-state index in [1.54, 1.807) is 31.2 Å². The molecule has 1 fully saturated rings. The van der Waals surface area contributed by atoms with Gasteiger partial charge in [0.15, 0.2) is 6.10 Å². The summed E-state index contributed by atoms with van der Waals surface area (Å²) in [6.45, 7) is 1.41. The van der Waals surface area contributed by atoms with Crippen LogP contribution in [0.2, 0.25) is 0 Å². The number of carboxylic acid groups (broad SMARTS) is 1. The Morgan fingerprint density at radius 1 is 1.23 bits per heavy atom. The predicted molar refractivity (Wildman–Crippen MR) is 95.1 cm³/mol. The highest BCUT2D eigenvalue weighted by Gasteiger charge is 2.41. The lowest BCUT2D eigenvalue weighted by Crippen LogP contribution is -2.57. The van der Waals surface area contributed by atoms with Gasteiger partial charge in [-0.2, -0.15) is 0 Å². The highest BCUT2D eigenvalue weighted by Crippen LogP contribution is 2.33. The zero-order valence-corrected chi connectivity index (χ0v) is 14.9. The lowest BCUT2D eigenvalue weighted by atomic mass is 9.90. The molecule has 0 radical (unpaired) electrons. The van der Waals surface area contributed by atoms with E-state index >= 15 is 0 Å².